The van der Waals surface area contributed by atoms with Gasteiger partial charge in [-0.05, 0) is 19.1 Å². The molecule has 8 heteroatoms. The molecule has 2 aromatic carbocycles. The number of hydrogen-bond acceptors (Lipinski definition) is 6. The lowest BCUT2D eigenvalue weighted by Gasteiger charge is -2.18. The van der Waals surface area contributed by atoms with Crippen molar-refractivity contribution in [3.05, 3.63) is 59.6 Å². The molecule has 0 saturated carbocycles. The van der Waals surface area contributed by atoms with Gasteiger partial charge in [0.1, 0.15) is 13.2 Å². The molecule has 0 bridgehead atoms. The van der Waals surface area contributed by atoms with E-state index in [1.165, 1.54) is 11.3 Å². The van der Waals surface area contributed by atoms with Crippen LogP contribution in [0.4, 0.5) is 0 Å². The van der Waals surface area contributed by atoms with Crippen LogP contribution < -0.4 is 19.0 Å². The van der Waals surface area contributed by atoms with E-state index in [1.807, 2.05) is 41.8 Å². The van der Waals surface area contributed by atoms with Crippen LogP contribution in [0.3, 0.4) is 0 Å². The molecule has 1 aliphatic rings. The molecule has 0 radical (unpaired) electrons. The van der Waals surface area contributed by atoms with Gasteiger partial charge in [0.2, 0.25) is 0 Å². The Bertz CT molecular complexity index is 1380. The smallest absolute Gasteiger partial charge is 0.315 e. The lowest BCUT2D eigenvalue weighted by atomic mass is 10.2. The first-order valence-corrected chi connectivity index (χ1v) is 10.8. The van der Waals surface area contributed by atoms with Crippen LogP contribution in [0.1, 0.15) is 17.5 Å². The summed E-state index contributed by atoms with van der Waals surface area (Å²) in [6, 6.07) is 11.1. The first-order valence-electron chi connectivity index (χ1n) is 9.96. The molecule has 0 fully saturated rings. The molecule has 7 nitrogen and oxygen atoms in total. The topological polar surface area (TPSA) is 75.2 Å². The number of thiazole rings is 1. The fourth-order valence-corrected chi connectivity index (χ4v) is 4.60. The number of nitrogens with zero attached hydrogens (tertiary/aromatic N) is 2. The van der Waals surface area contributed by atoms with Gasteiger partial charge in [-0.15, -0.1) is 6.58 Å². The number of hydrogen-bond donors (Lipinski definition) is 0. The van der Waals surface area contributed by atoms with E-state index in [0.29, 0.717) is 54.0 Å². The van der Waals surface area contributed by atoms with Gasteiger partial charge in [0.05, 0.1) is 16.8 Å². The zero-order valence-corrected chi connectivity index (χ0v) is 17.7. The lowest BCUT2D eigenvalue weighted by Crippen LogP contribution is -2.17. The summed E-state index contributed by atoms with van der Waals surface area (Å²) in [7, 11) is 0. The maximum atomic E-state index is 13.0. The number of rotatable bonds is 5. The predicted molar refractivity (Wildman–Crippen MR) is 118 cm³/mol. The molecule has 0 N–H and O–H groups in total. The van der Waals surface area contributed by atoms with E-state index in [9.17, 15) is 4.79 Å². The number of para-hydroxylation sites is 1. The summed E-state index contributed by atoms with van der Waals surface area (Å²) in [5.41, 5.74) is 1.45. The van der Waals surface area contributed by atoms with Crippen LogP contribution in [0.2, 0.25) is 0 Å². The maximum absolute atomic E-state index is 13.0. The molecule has 4 aromatic rings. The van der Waals surface area contributed by atoms with Gasteiger partial charge in [-0.1, -0.05) is 29.5 Å². The Morgan fingerprint density at radius 1 is 1.26 bits per heavy atom. The van der Waals surface area contributed by atoms with Crippen molar-refractivity contribution in [3.8, 4) is 17.2 Å². The molecule has 0 aliphatic carbocycles. The fourth-order valence-electron chi connectivity index (χ4n) is 3.55. The monoisotopic (exact) mass is 436 g/mol. The minimum Gasteiger partial charge on any atom is -0.490 e. The van der Waals surface area contributed by atoms with Crippen molar-refractivity contribution in [2.75, 3.05) is 19.8 Å². The molecule has 1 aliphatic heterocycles. The maximum Gasteiger partial charge on any atom is 0.315 e. The van der Waals surface area contributed by atoms with Crippen molar-refractivity contribution in [2.24, 2.45) is 4.99 Å². The summed E-state index contributed by atoms with van der Waals surface area (Å²) in [5, 5.41) is 0.793. The Labute approximate surface area is 181 Å². The highest BCUT2D eigenvalue weighted by atomic mass is 32.1. The highest BCUT2D eigenvalue weighted by molar-refractivity contribution is 7.16. The van der Waals surface area contributed by atoms with Crippen LogP contribution in [-0.2, 0) is 6.54 Å². The Balaban J connectivity index is 1.61. The van der Waals surface area contributed by atoms with Gasteiger partial charge in [0.25, 0.3) is 0 Å². The van der Waals surface area contributed by atoms with E-state index in [1.54, 1.807) is 12.1 Å². The third kappa shape index (κ3) is 3.48. The van der Waals surface area contributed by atoms with E-state index >= 15 is 0 Å². The highest BCUT2D eigenvalue weighted by Crippen LogP contribution is 2.35. The van der Waals surface area contributed by atoms with Gasteiger partial charge >= 0.3 is 5.91 Å². The summed E-state index contributed by atoms with van der Waals surface area (Å²) >= 11 is 1.40. The highest BCUT2D eigenvalue weighted by Gasteiger charge is 2.18. The number of carbonyl (C=O) groups is 1. The van der Waals surface area contributed by atoms with Crippen LogP contribution in [-0.4, -0.2) is 30.3 Å². The molecule has 0 spiro atoms. The van der Waals surface area contributed by atoms with E-state index in [-0.39, 0.29) is 5.76 Å². The van der Waals surface area contributed by atoms with Gasteiger partial charge < -0.3 is 23.2 Å². The van der Waals surface area contributed by atoms with E-state index in [2.05, 4.69) is 11.6 Å². The number of ether oxygens (including phenoxy) is 3. The average molecular weight is 436 g/mol. The van der Waals surface area contributed by atoms with Crippen LogP contribution in [0.15, 0.2) is 58.5 Å². The van der Waals surface area contributed by atoms with Crippen molar-refractivity contribution in [1.82, 2.24) is 4.57 Å². The fraction of sp³-hybridized carbons (Fsp3) is 0.217. The van der Waals surface area contributed by atoms with Crippen LogP contribution in [0, 0.1) is 0 Å². The van der Waals surface area contributed by atoms with Crippen molar-refractivity contribution in [2.45, 2.75) is 13.5 Å². The van der Waals surface area contributed by atoms with Crippen molar-refractivity contribution in [3.63, 3.8) is 0 Å². The summed E-state index contributed by atoms with van der Waals surface area (Å²) < 4.78 is 25.7. The van der Waals surface area contributed by atoms with Crippen molar-refractivity contribution >= 4 is 38.4 Å². The average Bonchev–Trinajstić information content (AvgIpc) is 3.35. The normalized spacial score (nSPS) is 13.6. The molecule has 0 unspecified atom stereocenters. The Kier molecular flexibility index (Phi) is 4.99. The first kappa shape index (κ1) is 19.4. The minimum atomic E-state index is -0.458. The molecule has 31 heavy (non-hydrogen) atoms. The lowest BCUT2D eigenvalue weighted by molar-refractivity contribution is 0.0973. The van der Waals surface area contributed by atoms with E-state index < -0.39 is 5.91 Å². The molecule has 5 rings (SSSR count). The summed E-state index contributed by atoms with van der Waals surface area (Å²) in [4.78, 5) is 17.9. The molecule has 1 amide bonds. The second kappa shape index (κ2) is 7.96. The molecular weight excluding hydrogens is 416 g/mol. The number of carbonyl (C=O) groups excluding carboxylic acids is 1. The SMILES string of the molecule is C=CCn1c(=NC(=O)c2cc3cccc(OCC)c3o2)sc2cc3c(cc21)OCCO3. The number of furan rings is 1. The molecule has 158 valence electrons. The largest absolute Gasteiger partial charge is 0.490 e. The quantitative estimate of drug-likeness (QED) is 0.429. The van der Waals surface area contributed by atoms with Crippen molar-refractivity contribution in [1.29, 1.82) is 0 Å². The third-order valence-corrected chi connectivity index (χ3v) is 5.92. The number of amides is 1. The van der Waals surface area contributed by atoms with Gasteiger partial charge in [-0.25, -0.2) is 0 Å². The first-order chi connectivity index (χ1) is 15.2. The molecule has 2 aromatic heterocycles. The Hall–Kier alpha value is -3.52. The second-order valence-corrected chi connectivity index (χ2v) is 7.89. The third-order valence-electron chi connectivity index (χ3n) is 4.87. The van der Waals surface area contributed by atoms with Crippen LogP contribution in [0.5, 0.6) is 17.2 Å². The summed E-state index contributed by atoms with van der Waals surface area (Å²) in [6.45, 7) is 7.77. The minimum absolute atomic E-state index is 0.163. The van der Waals surface area contributed by atoms with Gasteiger partial charge in [0, 0.05) is 24.1 Å². The molecule has 0 atom stereocenters. The number of benzene rings is 2. The van der Waals surface area contributed by atoms with Crippen LogP contribution in [0.25, 0.3) is 21.2 Å². The molecule has 3 heterocycles. The van der Waals surface area contributed by atoms with Gasteiger partial charge in [0.15, 0.2) is 33.4 Å². The number of allylic oxidation sites excluding steroid dienone is 1. The van der Waals surface area contributed by atoms with E-state index in [0.717, 1.165) is 15.6 Å². The van der Waals surface area contributed by atoms with Crippen molar-refractivity contribution < 1.29 is 23.4 Å². The second-order valence-electron chi connectivity index (χ2n) is 6.88. The predicted octanol–water partition coefficient (Wildman–Crippen LogP) is 4.55. The number of fused-ring (bicyclic) bond motifs is 3. The summed E-state index contributed by atoms with van der Waals surface area (Å²) in [6.07, 6.45) is 1.77. The zero-order chi connectivity index (χ0) is 21.4. The van der Waals surface area contributed by atoms with Gasteiger partial charge in [-0.2, -0.15) is 4.99 Å². The number of aromatic nitrogens is 1. The zero-order valence-electron chi connectivity index (χ0n) is 16.9. The standard InChI is InChI=1S/C23H20N2O5S/c1-3-8-25-15-12-17-18(29-10-9-28-17)13-20(15)31-23(25)24-22(26)19-11-14-6-5-7-16(27-4-2)21(14)30-19/h3,5-7,11-13H,1,4,8-10H2,2H3. The summed E-state index contributed by atoms with van der Waals surface area (Å²) in [5.74, 6) is 1.70. The van der Waals surface area contributed by atoms with Gasteiger partial charge in [-0.3, -0.25) is 4.79 Å². The van der Waals surface area contributed by atoms with E-state index in [4.69, 9.17) is 18.6 Å². The Morgan fingerprint density at radius 3 is 2.84 bits per heavy atom. The van der Waals surface area contributed by atoms with Crippen LogP contribution >= 0.6 is 11.3 Å². The molecular formula is C23H20N2O5S. The molecule has 0 saturated heterocycles. The Morgan fingerprint density at radius 2 is 2.06 bits per heavy atom.